The first-order valence-corrected chi connectivity index (χ1v) is 4.39. The molecule has 1 fully saturated rings. The first-order chi connectivity index (χ1) is 6.98. The number of amides is 1. The lowest BCUT2D eigenvalue weighted by atomic mass is 9.77. The van der Waals surface area contributed by atoms with E-state index in [1.807, 2.05) is 0 Å². The Hall–Kier alpha value is -0.950. The summed E-state index contributed by atoms with van der Waals surface area (Å²) in [6.45, 7) is 2.45. The van der Waals surface area contributed by atoms with Crippen molar-refractivity contribution in [2.24, 2.45) is 5.92 Å². The van der Waals surface area contributed by atoms with E-state index < -0.39 is 35.6 Å². The van der Waals surface area contributed by atoms with Gasteiger partial charge >= 0.3 is 11.8 Å². The predicted molar refractivity (Wildman–Crippen MR) is 41.6 cm³/mol. The van der Waals surface area contributed by atoms with Crippen LogP contribution in [0, 0.1) is 5.92 Å². The van der Waals surface area contributed by atoms with E-state index in [1.165, 1.54) is 13.8 Å². The van der Waals surface area contributed by atoms with E-state index in [4.69, 9.17) is 0 Å². The average molecular weight is 249 g/mol. The highest BCUT2D eigenvalue weighted by Gasteiger charge is 2.90. The maximum atomic E-state index is 13.2. The summed E-state index contributed by atoms with van der Waals surface area (Å²) in [7, 11) is 0. The summed E-state index contributed by atoms with van der Waals surface area (Å²) in [5.41, 5.74) is 0. The lowest BCUT2D eigenvalue weighted by Gasteiger charge is -2.50. The van der Waals surface area contributed by atoms with Crippen LogP contribution >= 0.6 is 0 Å². The summed E-state index contributed by atoms with van der Waals surface area (Å²) >= 11 is 0. The zero-order valence-corrected chi connectivity index (χ0v) is 8.33. The van der Waals surface area contributed by atoms with Gasteiger partial charge in [0.2, 0.25) is 12.1 Å². The van der Waals surface area contributed by atoms with Crippen LogP contribution in [0.1, 0.15) is 13.8 Å². The number of hydrogen-bond donors (Lipinski definition) is 1. The quantitative estimate of drug-likeness (QED) is 0.589. The van der Waals surface area contributed by atoms with E-state index in [9.17, 15) is 31.1 Å². The molecular weight excluding hydrogens is 240 g/mol. The molecule has 1 rings (SSSR count). The number of alkyl halides is 6. The number of nitrogens with one attached hydrogen (secondary N) is 1. The second kappa shape index (κ2) is 3.27. The summed E-state index contributed by atoms with van der Waals surface area (Å²) in [4.78, 5) is 10.9. The van der Waals surface area contributed by atoms with Gasteiger partial charge in [-0.1, -0.05) is 13.8 Å². The van der Waals surface area contributed by atoms with Gasteiger partial charge in [0.15, 0.2) is 0 Å². The van der Waals surface area contributed by atoms with Gasteiger partial charge in [-0.05, 0) is 0 Å². The van der Waals surface area contributed by atoms with Crippen molar-refractivity contribution < 1.29 is 31.1 Å². The molecule has 16 heavy (non-hydrogen) atoms. The van der Waals surface area contributed by atoms with Gasteiger partial charge in [0.25, 0.3) is 5.79 Å². The Morgan fingerprint density at radius 2 is 1.62 bits per heavy atom. The molecule has 0 radical (unpaired) electrons. The summed E-state index contributed by atoms with van der Waals surface area (Å²) < 4.78 is 75.9. The van der Waals surface area contributed by atoms with E-state index in [1.54, 1.807) is 0 Å². The van der Waals surface area contributed by atoms with Crippen molar-refractivity contribution in [2.45, 2.75) is 37.7 Å². The first kappa shape index (κ1) is 13.1. The smallest absolute Gasteiger partial charge is 0.316 e. The van der Waals surface area contributed by atoms with Crippen LogP contribution in [-0.2, 0) is 4.79 Å². The van der Waals surface area contributed by atoms with E-state index in [0.29, 0.717) is 0 Å². The third-order valence-electron chi connectivity index (χ3n) is 2.37. The Balaban J connectivity index is 2.92. The van der Waals surface area contributed by atoms with Gasteiger partial charge in [-0.15, -0.1) is 0 Å². The number of halogens is 6. The van der Waals surface area contributed by atoms with Crippen molar-refractivity contribution in [3.63, 3.8) is 0 Å². The van der Waals surface area contributed by atoms with Crippen LogP contribution in [0.3, 0.4) is 0 Å². The Morgan fingerprint density at radius 1 is 1.19 bits per heavy atom. The minimum atomic E-state index is -5.25. The number of hydrogen-bond acceptors (Lipinski definition) is 1. The second-order valence-electron chi connectivity index (χ2n) is 3.92. The summed E-state index contributed by atoms with van der Waals surface area (Å²) in [5.74, 6) is -16.9. The molecule has 0 spiro atoms. The monoisotopic (exact) mass is 249 g/mol. The lowest BCUT2D eigenvalue weighted by Crippen LogP contribution is -2.84. The molecule has 1 aliphatic carbocycles. The van der Waals surface area contributed by atoms with Crippen molar-refractivity contribution in [1.82, 2.24) is 5.32 Å². The van der Waals surface area contributed by atoms with Crippen LogP contribution in [0.15, 0.2) is 0 Å². The maximum absolute atomic E-state index is 13.2. The van der Waals surface area contributed by atoms with Gasteiger partial charge in [-0.25, -0.2) is 8.78 Å². The molecule has 0 aromatic heterocycles. The molecule has 1 N–H and O–H groups in total. The van der Waals surface area contributed by atoms with Crippen molar-refractivity contribution in [3.8, 4) is 0 Å². The molecule has 1 saturated carbocycles. The topological polar surface area (TPSA) is 29.1 Å². The van der Waals surface area contributed by atoms with Crippen molar-refractivity contribution in [2.75, 3.05) is 0 Å². The highest BCUT2D eigenvalue weighted by Crippen LogP contribution is 2.60. The lowest BCUT2D eigenvalue weighted by molar-refractivity contribution is -0.400. The summed E-state index contributed by atoms with van der Waals surface area (Å²) in [6, 6.07) is 0. The zero-order chi connectivity index (χ0) is 12.9. The molecule has 1 aliphatic rings. The van der Waals surface area contributed by atoms with Crippen LogP contribution in [0.5, 0.6) is 0 Å². The normalized spacial score (nSPS) is 35.7. The molecule has 94 valence electrons. The number of carbonyl (C=O) groups excluding carboxylic acids is 1. The Kier molecular flexibility index (Phi) is 2.68. The standard InChI is InChI=1S/C8H9F6NO/c1-3(2)4(16)15-7(12)5(9)6(10,11)8(7,13)14/h3,5H,1-2H3,(H,15,16). The molecule has 2 unspecified atom stereocenters. The molecule has 2 nitrogen and oxygen atoms in total. The molecule has 0 bridgehead atoms. The molecule has 0 saturated heterocycles. The van der Waals surface area contributed by atoms with Gasteiger partial charge in [-0.3, -0.25) is 4.79 Å². The van der Waals surface area contributed by atoms with E-state index in [0.717, 1.165) is 5.32 Å². The molecule has 0 aromatic rings. The maximum Gasteiger partial charge on any atom is 0.367 e. The summed E-state index contributed by atoms with van der Waals surface area (Å²) in [5, 5.41) is 0.977. The van der Waals surface area contributed by atoms with Crippen LogP contribution in [0.4, 0.5) is 26.3 Å². The van der Waals surface area contributed by atoms with E-state index in [2.05, 4.69) is 0 Å². The second-order valence-corrected chi connectivity index (χ2v) is 3.92. The van der Waals surface area contributed by atoms with E-state index in [-0.39, 0.29) is 0 Å². The fourth-order valence-corrected chi connectivity index (χ4v) is 1.20. The van der Waals surface area contributed by atoms with Crippen LogP contribution in [-0.4, -0.2) is 29.7 Å². The van der Waals surface area contributed by atoms with Crippen molar-refractivity contribution >= 4 is 5.91 Å². The van der Waals surface area contributed by atoms with Gasteiger partial charge in [0, 0.05) is 5.92 Å². The van der Waals surface area contributed by atoms with Crippen molar-refractivity contribution in [3.05, 3.63) is 0 Å². The molecule has 0 heterocycles. The molecule has 0 aromatic carbocycles. The number of carbonyl (C=O) groups is 1. The largest absolute Gasteiger partial charge is 0.367 e. The fourth-order valence-electron chi connectivity index (χ4n) is 1.20. The molecular formula is C8H9F6NO. The zero-order valence-electron chi connectivity index (χ0n) is 8.33. The molecule has 2 atom stereocenters. The highest BCUT2D eigenvalue weighted by molar-refractivity contribution is 5.79. The Morgan fingerprint density at radius 3 is 1.94 bits per heavy atom. The average Bonchev–Trinajstić information content (AvgIpc) is 2.15. The van der Waals surface area contributed by atoms with Gasteiger partial charge in [-0.2, -0.15) is 17.6 Å². The van der Waals surface area contributed by atoms with E-state index >= 15 is 0 Å². The molecule has 8 heteroatoms. The highest BCUT2D eigenvalue weighted by atomic mass is 19.3. The van der Waals surface area contributed by atoms with Gasteiger partial charge < -0.3 is 5.32 Å². The third kappa shape index (κ3) is 1.31. The van der Waals surface area contributed by atoms with Crippen LogP contribution in [0.2, 0.25) is 0 Å². The first-order valence-electron chi connectivity index (χ1n) is 4.39. The Bertz CT molecular complexity index is 318. The minimum Gasteiger partial charge on any atom is -0.316 e. The number of rotatable bonds is 2. The predicted octanol–water partition coefficient (Wildman–Crippen LogP) is 2.05. The summed E-state index contributed by atoms with van der Waals surface area (Å²) in [6.07, 6.45) is -3.75. The van der Waals surface area contributed by atoms with Crippen molar-refractivity contribution in [1.29, 1.82) is 0 Å². The Labute approximate surface area is 87.0 Å². The SMILES string of the molecule is CC(C)C(=O)NC1(F)C(F)C(F)(F)C1(F)F. The fraction of sp³-hybridized carbons (Fsp3) is 0.875. The molecule has 1 amide bonds. The van der Waals surface area contributed by atoms with Crippen LogP contribution in [0.25, 0.3) is 0 Å². The van der Waals surface area contributed by atoms with Crippen LogP contribution < -0.4 is 5.32 Å². The van der Waals surface area contributed by atoms with Gasteiger partial charge in [0.05, 0.1) is 0 Å². The molecule has 0 aliphatic heterocycles. The minimum absolute atomic E-state index is 0.926. The van der Waals surface area contributed by atoms with Gasteiger partial charge in [0.1, 0.15) is 0 Å². The third-order valence-corrected chi connectivity index (χ3v) is 2.37.